The van der Waals surface area contributed by atoms with Gasteiger partial charge >= 0.3 is 5.97 Å². The molecular formula is C18H27N7O7S2. The van der Waals surface area contributed by atoms with E-state index in [2.05, 4.69) is 25.6 Å². The standard InChI is InChI=1S/C18H27N7O7S2/c19-9(18(30)31)6-34-33-4-1-11(27)20-2-3-21-15-12-16(23-7-22-15)25(8-24-12)17-14(29)13(28)10(5-26)32-17/h7-10,13-14,17,26,28-29H,1-6,19H2,(H,20,27)(H,30,31)(H,21,22,23)/t9-,10+,13+,14+,17+/m0/s1. The maximum Gasteiger partial charge on any atom is 0.321 e. The maximum absolute atomic E-state index is 11.9. The molecule has 2 aromatic rings. The number of carbonyl (C=O) groups is 2. The Morgan fingerprint density at radius 2 is 2.00 bits per heavy atom. The van der Waals surface area contributed by atoms with Crippen LogP contribution in [0.3, 0.4) is 0 Å². The lowest BCUT2D eigenvalue weighted by Crippen LogP contribution is -2.33. The van der Waals surface area contributed by atoms with E-state index in [1.807, 2.05) is 0 Å². The summed E-state index contributed by atoms with van der Waals surface area (Å²) in [6, 6.07) is -0.920. The number of hydrogen-bond acceptors (Lipinski definition) is 13. The van der Waals surface area contributed by atoms with E-state index in [1.165, 1.54) is 38.8 Å². The minimum atomic E-state index is -1.26. The number of fused-ring (bicyclic) bond motifs is 1. The summed E-state index contributed by atoms with van der Waals surface area (Å²) < 4.78 is 7.00. The van der Waals surface area contributed by atoms with Crippen LogP contribution >= 0.6 is 21.6 Å². The number of anilines is 1. The van der Waals surface area contributed by atoms with Gasteiger partial charge in [-0.2, -0.15) is 0 Å². The van der Waals surface area contributed by atoms with E-state index >= 15 is 0 Å². The van der Waals surface area contributed by atoms with Crippen molar-refractivity contribution in [2.24, 2.45) is 5.73 Å². The summed E-state index contributed by atoms with van der Waals surface area (Å²) in [6.07, 6.45) is -1.38. The summed E-state index contributed by atoms with van der Waals surface area (Å²) in [5.41, 5.74) is 6.19. The third-order valence-electron chi connectivity index (χ3n) is 4.95. The number of imidazole rings is 1. The molecule has 1 aliphatic rings. The molecule has 3 heterocycles. The molecule has 14 nitrogen and oxygen atoms in total. The number of nitrogens with zero attached hydrogens (tertiary/aromatic N) is 4. The fourth-order valence-corrected chi connectivity index (χ4v) is 5.24. The molecule has 0 radical (unpaired) electrons. The van der Waals surface area contributed by atoms with Crippen LogP contribution in [-0.4, -0.2) is 107 Å². The van der Waals surface area contributed by atoms with Crippen molar-refractivity contribution < 1.29 is 34.8 Å². The van der Waals surface area contributed by atoms with Crippen molar-refractivity contribution in [2.75, 3.05) is 36.5 Å². The van der Waals surface area contributed by atoms with Crippen LogP contribution in [0.4, 0.5) is 5.82 Å². The Morgan fingerprint density at radius 3 is 2.71 bits per heavy atom. The van der Waals surface area contributed by atoms with E-state index in [-0.39, 0.29) is 18.1 Å². The Balaban J connectivity index is 1.44. The van der Waals surface area contributed by atoms with Gasteiger partial charge in [0.1, 0.15) is 30.7 Å². The van der Waals surface area contributed by atoms with Crippen LogP contribution in [-0.2, 0) is 14.3 Å². The molecule has 3 rings (SSSR count). The molecule has 0 spiro atoms. The predicted octanol–water partition coefficient (Wildman–Crippen LogP) is -1.85. The molecule has 5 atom stereocenters. The number of ether oxygens (including phenoxy) is 1. The first-order valence-electron chi connectivity index (χ1n) is 10.4. The van der Waals surface area contributed by atoms with Gasteiger partial charge in [-0.3, -0.25) is 14.2 Å². The van der Waals surface area contributed by atoms with Crippen molar-refractivity contribution in [1.29, 1.82) is 0 Å². The summed E-state index contributed by atoms with van der Waals surface area (Å²) in [7, 11) is 2.71. The quantitative estimate of drug-likeness (QED) is 0.115. The molecule has 0 bridgehead atoms. The third kappa shape index (κ3) is 6.47. The van der Waals surface area contributed by atoms with E-state index in [9.17, 15) is 24.9 Å². The highest BCUT2D eigenvalue weighted by molar-refractivity contribution is 8.76. The van der Waals surface area contributed by atoms with Crippen molar-refractivity contribution in [1.82, 2.24) is 24.8 Å². The number of aliphatic hydroxyl groups excluding tert-OH is 3. The summed E-state index contributed by atoms with van der Waals surface area (Å²) in [5, 5.41) is 44.1. The molecule has 1 amide bonds. The largest absolute Gasteiger partial charge is 0.480 e. The number of nitrogens with two attached hydrogens (primary N) is 1. The Morgan fingerprint density at radius 1 is 1.21 bits per heavy atom. The first-order chi connectivity index (χ1) is 16.3. The van der Waals surface area contributed by atoms with E-state index in [0.29, 0.717) is 35.8 Å². The van der Waals surface area contributed by atoms with Gasteiger partial charge in [0, 0.05) is 31.0 Å². The molecular weight excluding hydrogens is 490 g/mol. The average molecular weight is 518 g/mol. The van der Waals surface area contributed by atoms with Gasteiger partial charge in [-0.25, -0.2) is 15.0 Å². The minimum absolute atomic E-state index is 0.140. The number of carbonyl (C=O) groups excluding carboxylic acids is 1. The Labute approximate surface area is 202 Å². The van der Waals surface area contributed by atoms with Crippen molar-refractivity contribution in [2.45, 2.75) is 37.0 Å². The molecule has 2 aromatic heterocycles. The topological polar surface area (TPSA) is 218 Å². The zero-order valence-electron chi connectivity index (χ0n) is 18.0. The normalized spacial score (nSPS) is 23.2. The lowest BCUT2D eigenvalue weighted by Gasteiger charge is -2.16. The highest BCUT2D eigenvalue weighted by atomic mass is 33.1. The van der Waals surface area contributed by atoms with Crippen molar-refractivity contribution in [3.63, 3.8) is 0 Å². The monoisotopic (exact) mass is 517 g/mol. The fraction of sp³-hybridized carbons (Fsp3) is 0.611. The smallest absolute Gasteiger partial charge is 0.321 e. The molecule has 0 unspecified atom stereocenters. The van der Waals surface area contributed by atoms with Crippen molar-refractivity contribution in [3.8, 4) is 0 Å². The summed E-state index contributed by atoms with van der Waals surface area (Å²) in [5.74, 6) is 0.0275. The molecule has 34 heavy (non-hydrogen) atoms. The summed E-state index contributed by atoms with van der Waals surface area (Å²) in [6.45, 7) is 0.265. The van der Waals surface area contributed by atoms with Crippen LogP contribution < -0.4 is 16.4 Å². The zero-order chi connectivity index (χ0) is 24.7. The number of aliphatic hydroxyl groups is 3. The molecule has 1 saturated heterocycles. The Hall–Kier alpha value is -2.21. The second-order valence-electron chi connectivity index (χ2n) is 7.35. The molecule has 1 fully saturated rings. The van der Waals surface area contributed by atoms with Gasteiger partial charge in [0.05, 0.1) is 12.9 Å². The number of aromatic nitrogens is 4. The number of rotatable bonds is 13. The predicted molar refractivity (Wildman–Crippen MR) is 125 cm³/mol. The maximum atomic E-state index is 11.9. The molecule has 0 saturated carbocycles. The first kappa shape index (κ1) is 26.4. The van der Waals surface area contributed by atoms with Gasteiger partial charge < -0.3 is 41.5 Å². The number of carboxylic acid groups (broad SMARTS) is 1. The fourth-order valence-electron chi connectivity index (χ4n) is 3.13. The van der Waals surface area contributed by atoms with Gasteiger partial charge in [-0.1, -0.05) is 21.6 Å². The van der Waals surface area contributed by atoms with E-state index < -0.39 is 43.2 Å². The molecule has 0 aliphatic carbocycles. The number of carboxylic acids is 1. The van der Waals surface area contributed by atoms with Gasteiger partial charge in [0.2, 0.25) is 5.91 Å². The molecule has 0 aromatic carbocycles. The SMILES string of the molecule is N[C@@H](CSSCCC(=O)NCCNc1ncnc2c1ncn2[C@@H]1O[C@H](CO)[C@@H](O)[C@H]1O)C(=O)O. The van der Waals surface area contributed by atoms with Crippen LogP contribution in [0.1, 0.15) is 12.6 Å². The second kappa shape index (κ2) is 12.5. The van der Waals surface area contributed by atoms with Crippen LogP contribution in [0.25, 0.3) is 11.2 Å². The zero-order valence-corrected chi connectivity index (χ0v) is 19.6. The van der Waals surface area contributed by atoms with E-state index in [1.54, 1.807) is 0 Å². The van der Waals surface area contributed by atoms with E-state index in [4.69, 9.17) is 15.6 Å². The van der Waals surface area contributed by atoms with Gasteiger partial charge in [-0.05, 0) is 0 Å². The first-order valence-corrected chi connectivity index (χ1v) is 12.9. The molecule has 8 N–H and O–H groups in total. The second-order valence-corrected chi connectivity index (χ2v) is 9.98. The van der Waals surface area contributed by atoms with Crippen LogP contribution in [0, 0.1) is 0 Å². The van der Waals surface area contributed by atoms with Crippen molar-refractivity contribution in [3.05, 3.63) is 12.7 Å². The number of aliphatic carboxylic acids is 1. The summed E-state index contributed by atoms with van der Waals surface area (Å²) in [4.78, 5) is 35.2. The molecule has 1 aliphatic heterocycles. The number of amides is 1. The number of nitrogens with one attached hydrogen (secondary N) is 2. The van der Waals surface area contributed by atoms with Gasteiger partial charge in [-0.15, -0.1) is 0 Å². The number of hydrogen-bond donors (Lipinski definition) is 7. The molecule has 16 heteroatoms. The minimum Gasteiger partial charge on any atom is -0.480 e. The van der Waals surface area contributed by atoms with Crippen LogP contribution in [0.15, 0.2) is 12.7 Å². The summed E-state index contributed by atoms with van der Waals surface area (Å²) >= 11 is 0. The van der Waals surface area contributed by atoms with Crippen LogP contribution in [0.2, 0.25) is 0 Å². The highest BCUT2D eigenvalue weighted by Crippen LogP contribution is 2.32. The Bertz CT molecular complexity index is 981. The van der Waals surface area contributed by atoms with Crippen LogP contribution in [0.5, 0.6) is 0 Å². The molecule has 188 valence electrons. The highest BCUT2D eigenvalue weighted by Gasteiger charge is 2.44. The lowest BCUT2D eigenvalue weighted by atomic mass is 10.1. The van der Waals surface area contributed by atoms with Crippen molar-refractivity contribution >= 4 is 50.4 Å². The van der Waals surface area contributed by atoms with Gasteiger partial charge in [0.25, 0.3) is 0 Å². The third-order valence-corrected chi connectivity index (χ3v) is 7.39. The van der Waals surface area contributed by atoms with Gasteiger partial charge in [0.15, 0.2) is 23.2 Å². The average Bonchev–Trinajstić information content (AvgIpc) is 3.37. The van der Waals surface area contributed by atoms with E-state index in [0.717, 1.165) is 0 Å². The lowest BCUT2D eigenvalue weighted by molar-refractivity contribution is -0.137. The Kier molecular flexibility index (Phi) is 9.69.